The number of nitrogens with one attached hydrogen (secondary N) is 1. The largest absolute Gasteiger partial charge is 0.416 e. The molecule has 0 unspecified atom stereocenters. The van der Waals surface area contributed by atoms with Gasteiger partial charge in [-0.2, -0.15) is 13.2 Å². The van der Waals surface area contributed by atoms with Gasteiger partial charge in [-0.15, -0.1) is 10.2 Å². The lowest BCUT2D eigenvalue weighted by Gasteiger charge is -2.11. The molecule has 3 aromatic carbocycles. The van der Waals surface area contributed by atoms with Crippen LogP contribution in [0.4, 0.5) is 13.2 Å². The highest BCUT2D eigenvalue weighted by Crippen LogP contribution is 2.30. The lowest BCUT2D eigenvalue weighted by atomic mass is 10.1. The van der Waals surface area contributed by atoms with E-state index >= 15 is 0 Å². The molecular weight excluding hydrogens is 525 g/mol. The van der Waals surface area contributed by atoms with Crippen LogP contribution in [-0.2, 0) is 29.8 Å². The van der Waals surface area contributed by atoms with Crippen molar-refractivity contribution in [3.8, 4) is 5.69 Å². The second-order valence-corrected chi connectivity index (χ2v) is 9.39. The fourth-order valence-electron chi connectivity index (χ4n) is 3.53. The summed E-state index contributed by atoms with van der Waals surface area (Å²) in [5, 5.41) is 12.4. The molecular formula is C26H22ClF3N4O2S. The van der Waals surface area contributed by atoms with Crippen molar-refractivity contribution in [3.05, 3.63) is 106 Å². The number of carbonyl (C=O) groups excluding carboxylic acids is 1. The van der Waals surface area contributed by atoms with Crippen molar-refractivity contribution in [1.82, 2.24) is 20.1 Å². The molecule has 0 atom stereocenters. The van der Waals surface area contributed by atoms with Gasteiger partial charge in [-0.05, 0) is 53.6 Å². The standard InChI is InChI=1S/C26H22ClF3N4O2S/c1-36-15-23-32-33-25(34(23)22-7-3-6-21(27)13-22)37-16-17-8-10-19(11-9-17)24(35)31-14-18-4-2-5-20(12-18)26(28,29)30/h2-13H,14-16H2,1H3,(H,31,35). The summed E-state index contributed by atoms with van der Waals surface area (Å²) in [7, 11) is 1.58. The molecule has 0 spiro atoms. The number of halogens is 4. The normalized spacial score (nSPS) is 11.5. The van der Waals surface area contributed by atoms with E-state index in [1.165, 1.54) is 23.9 Å². The van der Waals surface area contributed by atoms with Crippen molar-refractivity contribution < 1.29 is 22.7 Å². The van der Waals surface area contributed by atoms with Crippen molar-refractivity contribution in [2.45, 2.75) is 30.2 Å². The van der Waals surface area contributed by atoms with Gasteiger partial charge in [0.25, 0.3) is 5.91 Å². The second kappa shape index (κ2) is 11.8. The van der Waals surface area contributed by atoms with Gasteiger partial charge in [-0.25, -0.2) is 0 Å². The first-order chi connectivity index (χ1) is 17.7. The van der Waals surface area contributed by atoms with Crippen LogP contribution in [0.5, 0.6) is 0 Å². The van der Waals surface area contributed by atoms with Crippen LogP contribution in [0.3, 0.4) is 0 Å². The Balaban J connectivity index is 1.39. The second-order valence-electron chi connectivity index (χ2n) is 8.01. The summed E-state index contributed by atoms with van der Waals surface area (Å²) in [5.41, 5.74) is 1.80. The number of amides is 1. The van der Waals surface area contributed by atoms with Gasteiger partial charge in [0.15, 0.2) is 11.0 Å². The first-order valence-electron chi connectivity index (χ1n) is 11.1. The molecule has 0 aliphatic heterocycles. The number of methoxy groups -OCH3 is 1. The summed E-state index contributed by atoms with van der Waals surface area (Å²) in [6, 6.07) is 19.2. The van der Waals surface area contributed by atoms with E-state index in [9.17, 15) is 18.0 Å². The fraction of sp³-hybridized carbons (Fsp3) is 0.192. The first-order valence-corrected chi connectivity index (χ1v) is 12.5. The number of rotatable bonds is 9. The Kier molecular flexibility index (Phi) is 8.52. The molecule has 1 amide bonds. The number of aromatic nitrogens is 3. The Labute approximate surface area is 220 Å². The van der Waals surface area contributed by atoms with Gasteiger partial charge in [0.05, 0.1) is 11.3 Å². The van der Waals surface area contributed by atoms with Crippen LogP contribution in [0.15, 0.2) is 78.0 Å². The maximum absolute atomic E-state index is 12.9. The van der Waals surface area contributed by atoms with Gasteiger partial charge in [-0.1, -0.05) is 53.7 Å². The van der Waals surface area contributed by atoms with Crippen molar-refractivity contribution in [2.24, 2.45) is 0 Å². The van der Waals surface area contributed by atoms with Gasteiger partial charge in [-0.3, -0.25) is 9.36 Å². The smallest absolute Gasteiger partial charge is 0.377 e. The molecule has 0 aliphatic carbocycles. The van der Waals surface area contributed by atoms with Crippen molar-refractivity contribution in [1.29, 1.82) is 0 Å². The fourth-order valence-corrected chi connectivity index (χ4v) is 4.64. The maximum atomic E-state index is 12.9. The zero-order valence-corrected chi connectivity index (χ0v) is 21.2. The maximum Gasteiger partial charge on any atom is 0.416 e. The van der Waals surface area contributed by atoms with Crippen LogP contribution < -0.4 is 5.32 Å². The summed E-state index contributed by atoms with van der Waals surface area (Å²) < 4.78 is 45.8. The van der Waals surface area contributed by atoms with Crippen LogP contribution >= 0.6 is 23.4 Å². The number of thioether (sulfide) groups is 1. The van der Waals surface area contributed by atoms with E-state index < -0.39 is 11.7 Å². The summed E-state index contributed by atoms with van der Waals surface area (Å²) in [6.45, 7) is 0.272. The highest BCUT2D eigenvalue weighted by molar-refractivity contribution is 7.98. The summed E-state index contributed by atoms with van der Waals surface area (Å²) in [6.07, 6.45) is -4.43. The van der Waals surface area contributed by atoms with E-state index in [0.717, 1.165) is 23.4 Å². The van der Waals surface area contributed by atoms with E-state index in [1.807, 2.05) is 34.9 Å². The molecule has 1 aromatic heterocycles. The lowest BCUT2D eigenvalue weighted by Crippen LogP contribution is -2.23. The monoisotopic (exact) mass is 546 g/mol. The molecule has 11 heteroatoms. The molecule has 37 heavy (non-hydrogen) atoms. The van der Waals surface area contributed by atoms with Crippen LogP contribution in [0.1, 0.15) is 32.9 Å². The molecule has 1 N–H and O–H groups in total. The Morgan fingerprint density at radius 2 is 1.78 bits per heavy atom. The molecule has 4 aromatic rings. The van der Waals surface area contributed by atoms with Gasteiger partial charge >= 0.3 is 6.18 Å². The molecule has 0 saturated carbocycles. The molecule has 0 saturated heterocycles. The summed E-state index contributed by atoms with van der Waals surface area (Å²) in [5.74, 6) is 0.833. The minimum absolute atomic E-state index is 0.0106. The van der Waals surface area contributed by atoms with E-state index in [0.29, 0.717) is 32.9 Å². The van der Waals surface area contributed by atoms with Gasteiger partial charge in [0.2, 0.25) is 0 Å². The highest BCUT2D eigenvalue weighted by Gasteiger charge is 2.30. The van der Waals surface area contributed by atoms with Crippen LogP contribution in [0.25, 0.3) is 5.69 Å². The predicted molar refractivity (Wildman–Crippen MR) is 136 cm³/mol. The Bertz CT molecular complexity index is 1380. The van der Waals surface area contributed by atoms with Crippen LogP contribution in [0.2, 0.25) is 5.02 Å². The summed E-state index contributed by atoms with van der Waals surface area (Å²) in [4.78, 5) is 12.5. The Hall–Kier alpha value is -3.34. The molecule has 6 nitrogen and oxygen atoms in total. The predicted octanol–water partition coefficient (Wildman–Crippen LogP) is 6.31. The quantitative estimate of drug-likeness (QED) is 0.249. The van der Waals surface area contributed by atoms with Crippen LogP contribution in [-0.4, -0.2) is 27.8 Å². The Morgan fingerprint density at radius 3 is 2.49 bits per heavy atom. The molecule has 4 rings (SSSR count). The Morgan fingerprint density at radius 1 is 1.03 bits per heavy atom. The highest BCUT2D eigenvalue weighted by atomic mass is 35.5. The van der Waals surface area contributed by atoms with Crippen molar-refractivity contribution in [3.63, 3.8) is 0 Å². The number of alkyl halides is 3. The average molecular weight is 547 g/mol. The SMILES string of the molecule is COCc1nnc(SCc2ccc(C(=O)NCc3cccc(C(F)(F)F)c3)cc2)n1-c1cccc(Cl)c1. The van der Waals surface area contributed by atoms with Gasteiger partial charge in [0, 0.05) is 30.0 Å². The number of benzene rings is 3. The number of nitrogens with zero attached hydrogens (tertiary/aromatic N) is 3. The zero-order chi connectivity index (χ0) is 26.4. The zero-order valence-electron chi connectivity index (χ0n) is 19.6. The molecule has 0 radical (unpaired) electrons. The van der Waals surface area contributed by atoms with E-state index in [2.05, 4.69) is 15.5 Å². The van der Waals surface area contributed by atoms with E-state index in [4.69, 9.17) is 16.3 Å². The van der Waals surface area contributed by atoms with Crippen molar-refractivity contribution in [2.75, 3.05) is 7.11 Å². The minimum Gasteiger partial charge on any atom is -0.377 e. The third-order valence-corrected chi connectivity index (χ3v) is 6.57. The topological polar surface area (TPSA) is 69.0 Å². The third kappa shape index (κ3) is 6.91. The minimum atomic E-state index is -4.43. The molecule has 0 aliphatic rings. The molecule has 0 bridgehead atoms. The van der Waals surface area contributed by atoms with E-state index in [1.54, 1.807) is 25.3 Å². The lowest BCUT2D eigenvalue weighted by molar-refractivity contribution is -0.137. The van der Waals surface area contributed by atoms with E-state index in [-0.39, 0.29) is 19.1 Å². The summed E-state index contributed by atoms with van der Waals surface area (Å²) >= 11 is 7.64. The van der Waals surface area contributed by atoms with Crippen LogP contribution in [0, 0.1) is 0 Å². The average Bonchev–Trinajstić information content (AvgIpc) is 3.28. The molecule has 0 fully saturated rings. The number of hydrogen-bond donors (Lipinski definition) is 1. The van der Waals surface area contributed by atoms with Crippen molar-refractivity contribution >= 4 is 29.3 Å². The third-order valence-electron chi connectivity index (χ3n) is 5.33. The number of ether oxygens (including phenoxy) is 1. The number of carbonyl (C=O) groups is 1. The number of hydrogen-bond acceptors (Lipinski definition) is 5. The molecule has 192 valence electrons. The first kappa shape index (κ1) is 26.7. The van der Waals surface area contributed by atoms with Gasteiger partial charge < -0.3 is 10.1 Å². The molecule has 1 heterocycles. The van der Waals surface area contributed by atoms with Gasteiger partial charge in [0.1, 0.15) is 6.61 Å².